The number of nitrogens with one attached hydrogen (secondary N) is 1. The van der Waals surface area contributed by atoms with Crippen LogP contribution in [0.4, 0.5) is 0 Å². The molecule has 0 bridgehead atoms. The highest BCUT2D eigenvalue weighted by molar-refractivity contribution is 9.10. The number of hydrogen-bond acceptors (Lipinski definition) is 2. The predicted molar refractivity (Wildman–Crippen MR) is 89.3 cm³/mol. The summed E-state index contributed by atoms with van der Waals surface area (Å²) in [6.07, 6.45) is 3.34. The first kappa shape index (κ1) is 14.8. The number of benzene rings is 1. The van der Waals surface area contributed by atoms with Crippen molar-refractivity contribution in [2.75, 3.05) is 0 Å². The molecule has 1 aromatic carbocycles. The molecule has 1 N–H and O–H groups in total. The topological polar surface area (TPSA) is 29.9 Å². The van der Waals surface area contributed by atoms with Gasteiger partial charge in [-0.05, 0) is 53.2 Å². The Morgan fingerprint density at radius 1 is 1.33 bits per heavy atom. The molecule has 0 radical (unpaired) electrons. The highest BCUT2D eigenvalue weighted by Gasteiger charge is 2.22. The lowest BCUT2D eigenvalue weighted by Gasteiger charge is -2.15. The molecule has 1 unspecified atom stereocenters. The molecule has 21 heavy (non-hydrogen) atoms. The van der Waals surface area contributed by atoms with Gasteiger partial charge in [0, 0.05) is 19.1 Å². The highest BCUT2D eigenvalue weighted by atomic mass is 79.9. The van der Waals surface area contributed by atoms with E-state index in [4.69, 9.17) is 0 Å². The fourth-order valence-corrected chi connectivity index (χ4v) is 3.88. The van der Waals surface area contributed by atoms with Crippen molar-refractivity contribution < 1.29 is 0 Å². The van der Waals surface area contributed by atoms with E-state index in [1.807, 2.05) is 0 Å². The number of aromatic nitrogens is 2. The molecule has 0 saturated carbocycles. The Balaban J connectivity index is 1.76. The zero-order valence-corrected chi connectivity index (χ0v) is 14.3. The Morgan fingerprint density at radius 2 is 2.14 bits per heavy atom. The van der Waals surface area contributed by atoms with Crippen LogP contribution in [0, 0.1) is 0 Å². The third-order valence-electron chi connectivity index (χ3n) is 4.34. The van der Waals surface area contributed by atoms with Crippen molar-refractivity contribution >= 4 is 15.9 Å². The van der Waals surface area contributed by atoms with Gasteiger partial charge in [-0.3, -0.25) is 4.68 Å². The summed E-state index contributed by atoms with van der Waals surface area (Å²) in [5, 5.41) is 8.38. The van der Waals surface area contributed by atoms with Crippen molar-refractivity contribution in [3.8, 4) is 0 Å². The quantitative estimate of drug-likeness (QED) is 0.885. The molecule has 0 aliphatic heterocycles. The predicted octanol–water partition coefficient (Wildman–Crippen LogP) is 4.01. The first-order chi connectivity index (χ1) is 10.2. The van der Waals surface area contributed by atoms with Crippen LogP contribution in [-0.4, -0.2) is 9.78 Å². The van der Waals surface area contributed by atoms with E-state index in [1.165, 1.54) is 34.1 Å². The highest BCUT2D eigenvalue weighted by Crippen LogP contribution is 2.31. The minimum Gasteiger partial charge on any atom is -0.304 e. The van der Waals surface area contributed by atoms with Crippen LogP contribution in [-0.2, 0) is 25.9 Å². The Kier molecular flexibility index (Phi) is 4.45. The van der Waals surface area contributed by atoms with Crippen molar-refractivity contribution in [2.24, 2.45) is 0 Å². The van der Waals surface area contributed by atoms with E-state index in [9.17, 15) is 0 Å². The standard InChI is InChI=1S/C17H22BrN3/c1-3-14-17(18)16(21(4-2)20-14)11-19-15-10-9-12-7-5-6-8-13(12)15/h5-8,15,19H,3-4,9-11H2,1-2H3. The van der Waals surface area contributed by atoms with Gasteiger partial charge in [-0.1, -0.05) is 31.2 Å². The van der Waals surface area contributed by atoms with Crippen molar-refractivity contribution in [3.63, 3.8) is 0 Å². The van der Waals surface area contributed by atoms with E-state index in [0.717, 1.165) is 25.2 Å². The third kappa shape index (κ3) is 2.79. The maximum atomic E-state index is 4.67. The molecule has 0 saturated heterocycles. The summed E-state index contributed by atoms with van der Waals surface area (Å²) in [6, 6.07) is 9.25. The number of nitrogens with zero attached hydrogens (tertiary/aromatic N) is 2. The van der Waals surface area contributed by atoms with E-state index in [1.54, 1.807) is 0 Å². The second kappa shape index (κ2) is 6.32. The van der Waals surface area contributed by atoms with Crippen LogP contribution in [0.25, 0.3) is 0 Å². The second-order valence-corrected chi connectivity index (χ2v) is 6.34. The SMILES string of the molecule is CCc1nn(CC)c(CNC2CCc3ccccc32)c1Br. The largest absolute Gasteiger partial charge is 0.304 e. The van der Waals surface area contributed by atoms with Crippen LogP contribution < -0.4 is 5.32 Å². The number of hydrogen-bond donors (Lipinski definition) is 1. The monoisotopic (exact) mass is 347 g/mol. The molecule has 1 aliphatic rings. The molecular formula is C17H22BrN3. The van der Waals surface area contributed by atoms with E-state index < -0.39 is 0 Å². The van der Waals surface area contributed by atoms with Crippen LogP contribution in [0.1, 0.15) is 48.8 Å². The zero-order chi connectivity index (χ0) is 14.8. The van der Waals surface area contributed by atoms with E-state index >= 15 is 0 Å². The van der Waals surface area contributed by atoms with Crippen molar-refractivity contribution in [1.29, 1.82) is 0 Å². The Hall–Kier alpha value is -1.13. The number of halogens is 1. The summed E-state index contributed by atoms with van der Waals surface area (Å²) in [4.78, 5) is 0. The minimum absolute atomic E-state index is 0.471. The minimum atomic E-state index is 0.471. The second-order valence-electron chi connectivity index (χ2n) is 5.55. The zero-order valence-electron chi connectivity index (χ0n) is 12.7. The van der Waals surface area contributed by atoms with Crippen molar-refractivity contribution in [3.05, 3.63) is 51.3 Å². The molecule has 1 atom stereocenters. The third-order valence-corrected chi connectivity index (χ3v) is 5.26. The van der Waals surface area contributed by atoms with Gasteiger partial charge in [-0.25, -0.2) is 0 Å². The Morgan fingerprint density at radius 3 is 2.90 bits per heavy atom. The molecule has 3 rings (SSSR count). The van der Waals surface area contributed by atoms with Crippen molar-refractivity contribution in [1.82, 2.24) is 15.1 Å². The Labute approximate surface area is 134 Å². The first-order valence-electron chi connectivity index (χ1n) is 7.79. The molecule has 112 valence electrons. The number of fused-ring (bicyclic) bond motifs is 1. The summed E-state index contributed by atoms with van der Waals surface area (Å²) in [5.41, 5.74) is 5.37. The van der Waals surface area contributed by atoms with Gasteiger partial charge in [0.25, 0.3) is 0 Å². The molecule has 1 aliphatic carbocycles. The molecule has 1 aromatic heterocycles. The molecule has 0 spiro atoms. The average Bonchev–Trinajstić information content (AvgIpc) is 3.06. The van der Waals surface area contributed by atoms with Gasteiger partial charge in [-0.2, -0.15) is 5.10 Å². The van der Waals surface area contributed by atoms with Gasteiger partial charge in [-0.15, -0.1) is 0 Å². The van der Waals surface area contributed by atoms with Gasteiger partial charge in [0.15, 0.2) is 0 Å². The Bertz CT molecular complexity index is 633. The van der Waals surface area contributed by atoms with Gasteiger partial charge in [0.2, 0.25) is 0 Å². The van der Waals surface area contributed by atoms with E-state index in [-0.39, 0.29) is 0 Å². The normalized spacial score (nSPS) is 17.2. The number of aryl methyl sites for hydroxylation is 3. The smallest absolute Gasteiger partial charge is 0.0767 e. The van der Waals surface area contributed by atoms with Crippen LogP contribution in [0.15, 0.2) is 28.7 Å². The van der Waals surface area contributed by atoms with Crippen molar-refractivity contribution in [2.45, 2.75) is 52.2 Å². The van der Waals surface area contributed by atoms with E-state index in [2.05, 4.69) is 69.1 Å². The summed E-state index contributed by atoms with van der Waals surface area (Å²) in [6.45, 7) is 6.07. The fourth-order valence-electron chi connectivity index (χ4n) is 3.18. The van der Waals surface area contributed by atoms with Crippen LogP contribution in [0.5, 0.6) is 0 Å². The van der Waals surface area contributed by atoms with Crippen LogP contribution in [0.2, 0.25) is 0 Å². The van der Waals surface area contributed by atoms with E-state index in [0.29, 0.717) is 6.04 Å². The van der Waals surface area contributed by atoms with Crippen LogP contribution in [0.3, 0.4) is 0 Å². The summed E-state index contributed by atoms with van der Waals surface area (Å²) >= 11 is 3.72. The summed E-state index contributed by atoms with van der Waals surface area (Å²) < 4.78 is 3.28. The van der Waals surface area contributed by atoms with Gasteiger partial charge < -0.3 is 5.32 Å². The molecule has 1 heterocycles. The maximum absolute atomic E-state index is 4.67. The fraction of sp³-hybridized carbons (Fsp3) is 0.471. The molecule has 0 fully saturated rings. The molecular weight excluding hydrogens is 326 g/mol. The lowest BCUT2D eigenvalue weighted by molar-refractivity contribution is 0.501. The molecule has 3 nitrogen and oxygen atoms in total. The summed E-state index contributed by atoms with van der Waals surface area (Å²) in [5.74, 6) is 0. The number of rotatable bonds is 5. The van der Waals surface area contributed by atoms with Crippen LogP contribution >= 0.6 is 15.9 Å². The van der Waals surface area contributed by atoms with Gasteiger partial charge in [0.05, 0.1) is 15.9 Å². The molecule has 2 aromatic rings. The first-order valence-corrected chi connectivity index (χ1v) is 8.59. The summed E-state index contributed by atoms with van der Waals surface area (Å²) in [7, 11) is 0. The van der Waals surface area contributed by atoms with Gasteiger partial charge >= 0.3 is 0 Å². The molecule has 0 amide bonds. The average molecular weight is 348 g/mol. The maximum Gasteiger partial charge on any atom is 0.0767 e. The lowest BCUT2D eigenvalue weighted by Crippen LogP contribution is -2.21. The molecule has 4 heteroatoms. The van der Waals surface area contributed by atoms with Gasteiger partial charge in [0.1, 0.15) is 0 Å². The lowest BCUT2D eigenvalue weighted by atomic mass is 10.1.